The largest absolute Gasteiger partial charge is 0.271 e. The summed E-state index contributed by atoms with van der Waals surface area (Å²) in [6, 6.07) is 0. The van der Waals surface area contributed by atoms with Crippen molar-refractivity contribution < 1.29 is 0 Å². The molecule has 0 N–H and O–H groups in total. The number of hydrogen-bond donors (Lipinski definition) is 0. The smallest absolute Gasteiger partial charge is 0.154 e. The Balaban J connectivity index is 4.16. The van der Waals surface area contributed by atoms with Gasteiger partial charge in [-0.1, -0.05) is 61.8 Å². The Kier molecular flexibility index (Phi) is 8.00. The molecular formula is C8H16N2S4. The van der Waals surface area contributed by atoms with E-state index in [-0.39, 0.29) is 0 Å². The minimum atomic E-state index is 0.856. The van der Waals surface area contributed by atoms with Crippen LogP contribution in [0.4, 0.5) is 0 Å². The van der Waals surface area contributed by atoms with Gasteiger partial charge in [0.25, 0.3) is 0 Å². The first-order valence-electron chi connectivity index (χ1n) is 4.35. The second-order valence-electron chi connectivity index (χ2n) is 2.45. The van der Waals surface area contributed by atoms with Crippen LogP contribution in [0.5, 0.6) is 0 Å². The fraction of sp³-hybridized carbons (Fsp3) is 0.750. The van der Waals surface area contributed by atoms with Crippen molar-refractivity contribution in [2.45, 2.75) is 13.8 Å². The van der Waals surface area contributed by atoms with Gasteiger partial charge < -0.3 is 0 Å². The molecule has 0 aliphatic rings. The van der Waals surface area contributed by atoms with Crippen LogP contribution in [0, 0.1) is 0 Å². The maximum Gasteiger partial charge on any atom is 0.154 e. The van der Waals surface area contributed by atoms with Crippen LogP contribution in [0.1, 0.15) is 13.8 Å². The second kappa shape index (κ2) is 7.73. The Labute approximate surface area is 106 Å². The molecule has 0 fully saturated rings. The number of thiocarbonyl (C=S) groups is 2. The lowest BCUT2D eigenvalue weighted by Gasteiger charge is -2.31. The molecule has 0 heterocycles. The summed E-state index contributed by atoms with van der Waals surface area (Å²) in [6.45, 7) is 4.17. The highest BCUT2D eigenvalue weighted by Crippen LogP contribution is 2.13. The van der Waals surface area contributed by atoms with E-state index in [9.17, 15) is 0 Å². The molecule has 0 radical (unpaired) electrons. The molecule has 6 heteroatoms. The van der Waals surface area contributed by atoms with E-state index in [2.05, 4.69) is 13.8 Å². The minimum absolute atomic E-state index is 0.856. The highest BCUT2D eigenvalue weighted by Gasteiger charge is 2.12. The maximum atomic E-state index is 5.23. The zero-order chi connectivity index (χ0) is 11.1. The summed E-state index contributed by atoms with van der Waals surface area (Å²) in [7, 11) is 3.88. The van der Waals surface area contributed by atoms with Gasteiger partial charge in [-0.3, -0.25) is 10.0 Å². The predicted molar refractivity (Wildman–Crippen MR) is 77.0 cm³/mol. The Morgan fingerprint density at radius 3 is 1.43 bits per heavy atom. The molecular weight excluding hydrogens is 252 g/mol. The van der Waals surface area contributed by atoms with Gasteiger partial charge in [-0.05, 0) is 11.5 Å². The van der Waals surface area contributed by atoms with Crippen LogP contribution in [0.15, 0.2) is 0 Å². The number of nitrogens with zero attached hydrogens (tertiary/aromatic N) is 2. The summed E-state index contributed by atoms with van der Waals surface area (Å²) in [5.41, 5.74) is 0. The summed E-state index contributed by atoms with van der Waals surface area (Å²) in [5, 5.41) is 3.82. The van der Waals surface area contributed by atoms with E-state index in [0.717, 1.165) is 20.1 Å². The molecule has 0 aromatic rings. The summed E-state index contributed by atoms with van der Waals surface area (Å²) in [4.78, 5) is 0. The summed E-state index contributed by atoms with van der Waals surface area (Å²) >= 11 is 13.8. The van der Waals surface area contributed by atoms with Crippen LogP contribution in [-0.2, 0) is 0 Å². The molecule has 82 valence electrons. The minimum Gasteiger partial charge on any atom is -0.271 e. The van der Waals surface area contributed by atoms with E-state index >= 15 is 0 Å². The van der Waals surface area contributed by atoms with Crippen molar-refractivity contribution >= 4 is 56.6 Å². The monoisotopic (exact) mass is 268 g/mol. The van der Waals surface area contributed by atoms with Crippen molar-refractivity contribution in [2.24, 2.45) is 0 Å². The van der Waals surface area contributed by atoms with E-state index in [1.807, 2.05) is 24.1 Å². The average Bonchev–Trinajstić information content (AvgIpc) is 2.16. The van der Waals surface area contributed by atoms with Gasteiger partial charge in [0.2, 0.25) is 0 Å². The number of rotatable bonds is 2. The molecule has 2 nitrogen and oxygen atoms in total. The van der Waals surface area contributed by atoms with Crippen molar-refractivity contribution in [2.75, 3.05) is 25.6 Å². The first kappa shape index (κ1) is 14.5. The van der Waals surface area contributed by atoms with Gasteiger partial charge in [0.15, 0.2) is 8.64 Å². The molecule has 0 unspecified atom stereocenters. The Hall–Kier alpha value is 0.480. The van der Waals surface area contributed by atoms with Crippen LogP contribution in [-0.4, -0.2) is 44.3 Å². The summed E-state index contributed by atoms with van der Waals surface area (Å²) < 4.78 is 1.71. The number of thioether (sulfide) groups is 2. The van der Waals surface area contributed by atoms with Gasteiger partial charge in [0.05, 0.1) is 0 Å². The Morgan fingerprint density at radius 2 is 1.21 bits per heavy atom. The zero-order valence-corrected chi connectivity index (χ0v) is 12.2. The molecule has 0 saturated carbocycles. The van der Waals surface area contributed by atoms with Crippen LogP contribution < -0.4 is 0 Å². The lowest BCUT2D eigenvalue weighted by molar-refractivity contribution is 0.226. The van der Waals surface area contributed by atoms with Crippen molar-refractivity contribution in [3.05, 3.63) is 0 Å². The maximum absolute atomic E-state index is 5.23. The first-order valence-corrected chi connectivity index (χ1v) is 7.14. The van der Waals surface area contributed by atoms with Gasteiger partial charge >= 0.3 is 0 Å². The van der Waals surface area contributed by atoms with Crippen LogP contribution in [0.2, 0.25) is 0 Å². The molecule has 0 aromatic heterocycles. The van der Waals surface area contributed by atoms with Crippen molar-refractivity contribution in [3.8, 4) is 0 Å². The fourth-order valence-electron chi connectivity index (χ4n) is 0.679. The lowest BCUT2D eigenvalue weighted by Crippen LogP contribution is -2.41. The highest BCUT2D eigenvalue weighted by molar-refractivity contribution is 8.23. The lowest BCUT2D eigenvalue weighted by atomic mass is 11.0. The second-order valence-corrected chi connectivity index (χ2v) is 6.24. The third-order valence-electron chi connectivity index (χ3n) is 1.51. The average molecular weight is 268 g/mol. The zero-order valence-electron chi connectivity index (χ0n) is 8.94. The summed E-state index contributed by atoms with van der Waals surface area (Å²) in [6.07, 6.45) is 0. The predicted octanol–water partition coefficient (Wildman–Crippen LogP) is 2.84. The molecule has 0 saturated heterocycles. The molecule has 0 atom stereocenters. The normalized spacial score (nSPS) is 9.71. The van der Waals surface area contributed by atoms with E-state index in [4.69, 9.17) is 24.4 Å². The molecule has 0 aliphatic carbocycles. The van der Waals surface area contributed by atoms with E-state index < -0.39 is 0 Å². The van der Waals surface area contributed by atoms with Gasteiger partial charge in [0, 0.05) is 14.1 Å². The third-order valence-corrected chi connectivity index (χ3v) is 4.35. The Morgan fingerprint density at radius 1 is 0.929 bits per heavy atom. The third kappa shape index (κ3) is 4.82. The van der Waals surface area contributed by atoms with Crippen LogP contribution in [0.3, 0.4) is 0 Å². The molecule has 14 heavy (non-hydrogen) atoms. The van der Waals surface area contributed by atoms with Crippen molar-refractivity contribution in [1.29, 1.82) is 0 Å². The molecule has 0 aromatic carbocycles. The van der Waals surface area contributed by atoms with E-state index in [1.165, 1.54) is 0 Å². The van der Waals surface area contributed by atoms with E-state index in [1.54, 1.807) is 23.5 Å². The molecule has 0 aliphatic heterocycles. The van der Waals surface area contributed by atoms with E-state index in [0.29, 0.717) is 0 Å². The molecule has 0 spiro atoms. The quantitative estimate of drug-likeness (QED) is 0.557. The van der Waals surface area contributed by atoms with Gasteiger partial charge in [-0.15, -0.1) is 0 Å². The fourth-order valence-corrected chi connectivity index (χ4v) is 2.74. The van der Waals surface area contributed by atoms with Crippen molar-refractivity contribution in [1.82, 2.24) is 10.0 Å². The first-order chi connectivity index (χ1) is 6.54. The number of hydrazine groups is 1. The van der Waals surface area contributed by atoms with Gasteiger partial charge in [-0.2, -0.15) is 0 Å². The van der Waals surface area contributed by atoms with Gasteiger partial charge in [-0.25, -0.2) is 0 Å². The van der Waals surface area contributed by atoms with Gasteiger partial charge in [0.1, 0.15) is 0 Å². The highest BCUT2D eigenvalue weighted by atomic mass is 32.2. The SMILES string of the molecule is CCSC(=S)N(C)N(C)C(=S)SCC. The van der Waals surface area contributed by atoms with Crippen molar-refractivity contribution in [3.63, 3.8) is 0 Å². The van der Waals surface area contributed by atoms with Crippen LogP contribution >= 0.6 is 48.0 Å². The molecule has 0 amide bonds. The molecule has 0 bridgehead atoms. The summed E-state index contributed by atoms with van der Waals surface area (Å²) in [5.74, 6) is 1.98. The number of hydrogen-bond acceptors (Lipinski definition) is 4. The molecule has 0 rings (SSSR count). The standard InChI is InChI=1S/C8H16N2S4/c1-5-13-7(11)9(3)10(4)8(12)14-6-2/h5-6H2,1-4H3. The van der Waals surface area contributed by atoms with Crippen LogP contribution in [0.25, 0.3) is 0 Å². The Bertz CT molecular complexity index is 186. The topological polar surface area (TPSA) is 6.48 Å².